The van der Waals surface area contributed by atoms with Crippen LogP contribution in [0.15, 0.2) is 87.5 Å². The van der Waals surface area contributed by atoms with Crippen molar-refractivity contribution in [3.8, 4) is 0 Å². The van der Waals surface area contributed by atoms with Crippen molar-refractivity contribution in [1.29, 1.82) is 0 Å². The average molecular weight is 281 g/mol. The number of benzene rings is 2. The van der Waals surface area contributed by atoms with E-state index in [4.69, 9.17) is 0 Å². The molecule has 0 amide bonds. The summed E-state index contributed by atoms with van der Waals surface area (Å²) in [5.41, 5.74) is 1.31. The lowest BCUT2D eigenvalue weighted by molar-refractivity contribution is 1.33. The fraction of sp³-hybridized carbons (Fsp3) is 0.158. The minimum Gasteiger partial charge on any atom is -0.0875 e. The van der Waals surface area contributed by atoms with Gasteiger partial charge in [0.1, 0.15) is 4.91 Å². The summed E-state index contributed by atoms with van der Waals surface area (Å²) in [6, 6.07) is 19.6. The van der Waals surface area contributed by atoms with E-state index in [0.29, 0.717) is 0 Å². The van der Waals surface area contributed by atoms with Crippen molar-refractivity contribution in [3.05, 3.63) is 83.3 Å². The van der Waals surface area contributed by atoms with Gasteiger partial charge >= 0.3 is 0 Å². The Hall–Kier alpha value is -1.73. The van der Waals surface area contributed by atoms with Crippen molar-refractivity contribution in [1.82, 2.24) is 0 Å². The number of aryl methyl sites for hydroxylation is 1. The molecule has 2 aromatic rings. The zero-order valence-corrected chi connectivity index (χ0v) is 13.2. The van der Waals surface area contributed by atoms with Crippen LogP contribution in [0.1, 0.15) is 19.4 Å². The minimum atomic E-state index is 0.00410. The molecule has 0 aliphatic carbocycles. The summed E-state index contributed by atoms with van der Waals surface area (Å²) in [7, 11) is 0.00410. The Bertz CT molecular complexity index is 591. The molecule has 0 aliphatic heterocycles. The summed E-state index contributed by atoms with van der Waals surface area (Å²) in [5, 5.41) is 0. The molecule has 1 heteroatoms. The van der Waals surface area contributed by atoms with Crippen LogP contribution in [0.4, 0.5) is 0 Å². The third-order valence-electron chi connectivity index (χ3n) is 3.08. The van der Waals surface area contributed by atoms with Crippen LogP contribution in [-0.4, -0.2) is 0 Å². The van der Waals surface area contributed by atoms with Gasteiger partial charge in [0.25, 0.3) is 0 Å². The quantitative estimate of drug-likeness (QED) is 0.512. The number of hydrogen-bond acceptors (Lipinski definition) is 0. The Morgan fingerprint density at radius 3 is 2.10 bits per heavy atom. The Morgan fingerprint density at radius 1 is 0.900 bits per heavy atom. The van der Waals surface area contributed by atoms with E-state index in [1.807, 2.05) is 0 Å². The van der Waals surface area contributed by atoms with E-state index in [2.05, 4.69) is 93.6 Å². The van der Waals surface area contributed by atoms with Gasteiger partial charge in [-0.15, -0.1) is 0 Å². The Morgan fingerprint density at radius 2 is 1.50 bits per heavy atom. The highest BCUT2D eigenvalue weighted by Crippen LogP contribution is 2.30. The second kappa shape index (κ2) is 7.16. The first-order valence-electron chi connectivity index (χ1n) is 6.88. The second-order valence-corrected chi connectivity index (χ2v) is 6.93. The van der Waals surface area contributed by atoms with Crippen LogP contribution >= 0.6 is 0 Å². The van der Waals surface area contributed by atoms with Crippen LogP contribution in [0.2, 0.25) is 0 Å². The molecule has 0 radical (unpaired) electrons. The van der Waals surface area contributed by atoms with Crippen LogP contribution in [0, 0.1) is 6.92 Å². The lowest BCUT2D eigenvalue weighted by atomic mass is 10.2. The Labute approximate surface area is 125 Å². The molecule has 0 spiro atoms. The van der Waals surface area contributed by atoms with Crippen molar-refractivity contribution < 1.29 is 0 Å². The molecule has 1 atom stereocenters. The van der Waals surface area contributed by atoms with Gasteiger partial charge in [0, 0.05) is 6.92 Å². The molecule has 20 heavy (non-hydrogen) atoms. The molecular weight excluding hydrogens is 260 g/mol. The van der Waals surface area contributed by atoms with E-state index in [0.717, 1.165) is 0 Å². The molecule has 0 nitrogen and oxygen atoms in total. The molecular formula is C19H21S+. The number of allylic oxidation sites excluding steroid dienone is 4. The van der Waals surface area contributed by atoms with Gasteiger partial charge in [-0.3, -0.25) is 0 Å². The van der Waals surface area contributed by atoms with Crippen LogP contribution in [0.3, 0.4) is 0 Å². The van der Waals surface area contributed by atoms with Crippen LogP contribution in [-0.2, 0) is 10.9 Å². The first-order valence-corrected chi connectivity index (χ1v) is 8.10. The van der Waals surface area contributed by atoms with Crippen LogP contribution < -0.4 is 0 Å². The van der Waals surface area contributed by atoms with Gasteiger partial charge in [0.2, 0.25) is 0 Å². The van der Waals surface area contributed by atoms with Crippen molar-refractivity contribution in [2.45, 2.75) is 30.6 Å². The van der Waals surface area contributed by atoms with Crippen molar-refractivity contribution >= 4 is 10.9 Å². The van der Waals surface area contributed by atoms with Crippen molar-refractivity contribution in [3.63, 3.8) is 0 Å². The highest BCUT2D eigenvalue weighted by atomic mass is 32.2. The smallest absolute Gasteiger partial charge is 0.0875 e. The van der Waals surface area contributed by atoms with Crippen LogP contribution in [0.25, 0.3) is 0 Å². The van der Waals surface area contributed by atoms with Gasteiger partial charge < -0.3 is 0 Å². The number of hydrogen-bond donors (Lipinski definition) is 0. The fourth-order valence-corrected chi connectivity index (χ4v) is 4.11. The molecule has 2 rings (SSSR count). The molecule has 2 aromatic carbocycles. The monoisotopic (exact) mass is 281 g/mol. The zero-order valence-electron chi connectivity index (χ0n) is 12.3. The predicted octanol–water partition coefficient (Wildman–Crippen LogP) is 5.51. The molecule has 102 valence electrons. The van der Waals surface area contributed by atoms with Crippen molar-refractivity contribution in [2.24, 2.45) is 0 Å². The third kappa shape index (κ3) is 3.64. The van der Waals surface area contributed by atoms with Crippen molar-refractivity contribution in [2.75, 3.05) is 0 Å². The summed E-state index contributed by atoms with van der Waals surface area (Å²) >= 11 is 0. The molecule has 0 bridgehead atoms. The molecule has 0 heterocycles. The van der Waals surface area contributed by atoms with Gasteiger partial charge in [-0.2, -0.15) is 0 Å². The van der Waals surface area contributed by atoms with Crippen LogP contribution in [0.5, 0.6) is 0 Å². The van der Waals surface area contributed by atoms with E-state index in [9.17, 15) is 0 Å². The lowest BCUT2D eigenvalue weighted by Gasteiger charge is -2.08. The third-order valence-corrected chi connectivity index (χ3v) is 5.35. The summed E-state index contributed by atoms with van der Waals surface area (Å²) < 4.78 is 0. The topological polar surface area (TPSA) is 0 Å². The summed E-state index contributed by atoms with van der Waals surface area (Å²) in [6.07, 6.45) is 6.41. The molecule has 0 saturated heterocycles. The average Bonchev–Trinajstić information content (AvgIpc) is 2.48. The highest BCUT2D eigenvalue weighted by Gasteiger charge is 2.27. The maximum absolute atomic E-state index is 2.25. The van der Waals surface area contributed by atoms with E-state index >= 15 is 0 Å². The fourth-order valence-electron chi connectivity index (χ4n) is 2.04. The summed E-state index contributed by atoms with van der Waals surface area (Å²) in [6.45, 7) is 6.40. The molecule has 0 aromatic heterocycles. The Kier molecular flexibility index (Phi) is 5.25. The molecule has 0 N–H and O–H groups in total. The maximum atomic E-state index is 2.25. The highest BCUT2D eigenvalue weighted by molar-refractivity contribution is 8.00. The van der Waals surface area contributed by atoms with E-state index in [1.54, 1.807) is 0 Å². The van der Waals surface area contributed by atoms with E-state index < -0.39 is 0 Å². The Balaban J connectivity index is 2.47. The van der Waals surface area contributed by atoms with Gasteiger partial charge in [-0.25, -0.2) is 0 Å². The lowest BCUT2D eigenvalue weighted by Crippen LogP contribution is -2.04. The van der Waals surface area contributed by atoms with Gasteiger partial charge in [-0.05, 0) is 44.2 Å². The molecule has 0 saturated carbocycles. The van der Waals surface area contributed by atoms with E-state index in [1.165, 1.54) is 20.3 Å². The molecule has 1 unspecified atom stereocenters. The number of rotatable bonds is 4. The standard InChI is InChI=1S/C19H21S/c1-4-5-9-17(3)20(18-10-7-6-8-11-18)19-14-12-16(2)13-15-19/h4-15H,1-3H3/q+1/b5-4-,17-9+. The maximum Gasteiger partial charge on any atom is 0.166 e. The predicted molar refractivity (Wildman–Crippen MR) is 90.1 cm³/mol. The summed E-state index contributed by atoms with van der Waals surface area (Å²) in [5.74, 6) is 0. The SMILES string of the molecule is C/C=C\C=C(/C)[S+](c1ccccc1)c1ccc(C)cc1. The largest absolute Gasteiger partial charge is 0.166 e. The molecule has 0 aliphatic rings. The first-order chi connectivity index (χ1) is 9.72. The van der Waals surface area contributed by atoms with Gasteiger partial charge in [0.15, 0.2) is 9.79 Å². The first kappa shape index (κ1) is 14.7. The zero-order chi connectivity index (χ0) is 14.4. The van der Waals surface area contributed by atoms with E-state index in [-0.39, 0.29) is 10.9 Å². The summed E-state index contributed by atoms with van der Waals surface area (Å²) in [4.78, 5) is 4.13. The second-order valence-electron chi connectivity index (χ2n) is 4.74. The van der Waals surface area contributed by atoms with Gasteiger partial charge in [0.05, 0.1) is 10.9 Å². The molecule has 0 fully saturated rings. The van der Waals surface area contributed by atoms with Gasteiger partial charge in [-0.1, -0.05) is 48.0 Å². The normalized spacial score (nSPS) is 13.7. The minimum absolute atomic E-state index is 0.00410.